The monoisotopic (exact) mass is 286 g/mol. The second-order valence-corrected chi connectivity index (χ2v) is 4.47. The first-order valence-corrected chi connectivity index (χ1v) is 6.65. The summed E-state index contributed by atoms with van der Waals surface area (Å²) >= 11 is 0. The van der Waals surface area contributed by atoms with Gasteiger partial charge in [0.1, 0.15) is 0 Å². The van der Waals surface area contributed by atoms with E-state index in [4.69, 9.17) is 4.74 Å². The summed E-state index contributed by atoms with van der Waals surface area (Å²) in [6.45, 7) is 3.00. The van der Waals surface area contributed by atoms with Crippen LogP contribution >= 0.6 is 0 Å². The number of methoxy groups -OCH3 is 1. The Kier molecular flexibility index (Phi) is 5.09. The Balaban J connectivity index is 1.76. The van der Waals surface area contributed by atoms with Crippen molar-refractivity contribution in [2.24, 2.45) is 0 Å². The van der Waals surface area contributed by atoms with Gasteiger partial charge in [-0.2, -0.15) is 4.98 Å². The Hall–Kier alpha value is -2.63. The average molecular weight is 286 g/mol. The third-order valence-corrected chi connectivity index (χ3v) is 2.85. The third-order valence-electron chi connectivity index (χ3n) is 2.85. The van der Waals surface area contributed by atoms with Gasteiger partial charge in [-0.3, -0.25) is 4.79 Å². The van der Waals surface area contributed by atoms with Crippen LogP contribution in [0.15, 0.2) is 36.5 Å². The molecule has 1 aromatic carbocycles. The first-order chi connectivity index (χ1) is 10.2. The van der Waals surface area contributed by atoms with Crippen molar-refractivity contribution >= 4 is 11.9 Å². The molecular formula is C15H18N4O2. The van der Waals surface area contributed by atoms with Crippen molar-refractivity contribution in [3.8, 4) is 5.88 Å². The van der Waals surface area contributed by atoms with Crippen molar-refractivity contribution in [2.45, 2.75) is 6.92 Å². The van der Waals surface area contributed by atoms with Crippen LogP contribution in [0.4, 0.5) is 5.95 Å². The molecule has 0 spiro atoms. The van der Waals surface area contributed by atoms with E-state index >= 15 is 0 Å². The van der Waals surface area contributed by atoms with E-state index in [2.05, 4.69) is 20.6 Å². The zero-order valence-corrected chi connectivity index (χ0v) is 12.1. The van der Waals surface area contributed by atoms with Gasteiger partial charge in [-0.15, -0.1) is 0 Å². The fourth-order valence-electron chi connectivity index (χ4n) is 1.70. The van der Waals surface area contributed by atoms with E-state index in [0.717, 1.165) is 5.56 Å². The minimum absolute atomic E-state index is 0.0941. The minimum atomic E-state index is -0.0941. The summed E-state index contributed by atoms with van der Waals surface area (Å²) in [5.41, 5.74) is 1.78. The van der Waals surface area contributed by atoms with Crippen LogP contribution < -0.4 is 15.4 Å². The largest absolute Gasteiger partial charge is 0.481 e. The molecule has 2 aromatic rings. The Morgan fingerprint density at radius 1 is 1.19 bits per heavy atom. The molecule has 0 radical (unpaired) electrons. The smallest absolute Gasteiger partial charge is 0.251 e. The number of carbonyl (C=O) groups excluding carboxylic acids is 1. The number of aryl methyl sites for hydroxylation is 1. The molecule has 0 aliphatic heterocycles. The Labute approximate surface area is 123 Å². The molecule has 6 heteroatoms. The van der Waals surface area contributed by atoms with Gasteiger partial charge < -0.3 is 15.4 Å². The maximum absolute atomic E-state index is 11.9. The molecule has 0 unspecified atom stereocenters. The molecular weight excluding hydrogens is 268 g/mol. The zero-order valence-electron chi connectivity index (χ0n) is 12.1. The Bertz CT molecular complexity index is 599. The topological polar surface area (TPSA) is 76.1 Å². The molecule has 0 aliphatic carbocycles. The predicted molar refractivity (Wildman–Crippen MR) is 80.6 cm³/mol. The molecule has 0 atom stereocenters. The molecule has 0 fully saturated rings. The van der Waals surface area contributed by atoms with Crippen molar-refractivity contribution < 1.29 is 9.53 Å². The van der Waals surface area contributed by atoms with Gasteiger partial charge >= 0.3 is 0 Å². The van der Waals surface area contributed by atoms with Gasteiger partial charge in [0.25, 0.3) is 5.91 Å². The van der Waals surface area contributed by atoms with Crippen LogP contribution in [0.5, 0.6) is 5.88 Å². The molecule has 1 amide bonds. The van der Waals surface area contributed by atoms with E-state index in [1.54, 1.807) is 19.4 Å². The second-order valence-electron chi connectivity index (χ2n) is 4.47. The molecule has 0 bridgehead atoms. The van der Waals surface area contributed by atoms with Crippen molar-refractivity contribution in [2.75, 3.05) is 25.5 Å². The van der Waals surface area contributed by atoms with Crippen LogP contribution in [0.3, 0.4) is 0 Å². The SMILES string of the molecule is COc1ccnc(NCCNC(=O)c2ccc(C)cc2)n1. The summed E-state index contributed by atoms with van der Waals surface area (Å²) in [6.07, 6.45) is 1.61. The van der Waals surface area contributed by atoms with Gasteiger partial charge in [0.2, 0.25) is 11.8 Å². The van der Waals surface area contributed by atoms with Gasteiger partial charge in [0.15, 0.2) is 0 Å². The molecule has 1 heterocycles. The van der Waals surface area contributed by atoms with Gasteiger partial charge in [-0.25, -0.2) is 4.98 Å². The van der Waals surface area contributed by atoms with Gasteiger partial charge in [0, 0.05) is 30.9 Å². The first-order valence-electron chi connectivity index (χ1n) is 6.65. The highest BCUT2D eigenvalue weighted by atomic mass is 16.5. The molecule has 1 aromatic heterocycles. The lowest BCUT2D eigenvalue weighted by atomic mass is 10.1. The summed E-state index contributed by atoms with van der Waals surface area (Å²) in [5.74, 6) is 0.874. The number of carbonyl (C=O) groups is 1. The molecule has 0 saturated heterocycles. The van der Waals surface area contributed by atoms with Crippen LogP contribution in [-0.2, 0) is 0 Å². The lowest BCUT2D eigenvalue weighted by Crippen LogP contribution is -2.29. The van der Waals surface area contributed by atoms with E-state index in [1.165, 1.54) is 0 Å². The maximum Gasteiger partial charge on any atom is 0.251 e. The molecule has 0 saturated carbocycles. The van der Waals surface area contributed by atoms with Crippen LogP contribution in [0.25, 0.3) is 0 Å². The van der Waals surface area contributed by atoms with Crippen LogP contribution in [0.2, 0.25) is 0 Å². The highest BCUT2D eigenvalue weighted by molar-refractivity contribution is 5.94. The van der Waals surface area contributed by atoms with E-state index in [1.807, 2.05) is 31.2 Å². The van der Waals surface area contributed by atoms with Crippen LogP contribution in [0, 0.1) is 6.92 Å². The molecule has 2 N–H and O–H groups in total. The van der Waals surface area contributed by atoms with Crippen molar-refractivity contribution in [3.63, 3.8) is 0 Å². The van der Waals surface area contributed by atoms with Crippen LogP contribution in [0.1, 0.15) is 15.9 Å². The number of ether oxygens (including phenoxy) is 1. The first kappa shape index (κ1) is 14.8. The molecule has 0 aliphatic rings. The van der Waals surface area contributed by atoms with Crippen molar-refractivity contribution in [3.05, 3.63) is 47.7 Å². The van der Waals surface area contributed by atoms with E-state index in [0.29, 0.717) is 30.5 Å². The second kappa shape index (κ2) is 7.23. The highest BCUT2D eigenvalue weighted by Gasteiger charge is 2.04. The lowest BCUT2D eigenvalue weighted by molar-refractivity contribution is 0.0955. The van der Waals surface area contributed by atoms with E-state index in [9.17, 15) is 4.79 Å². The summed E-state index contributed by atoms with van der Waals surface area (Å²) in [4.78, 5) is 20.1. The molecule has 6 nitrogen and oxygen atoms in total. The van der Waals surface area contributed by atoms with Gasteiger partial charge in [-0.1, -0.05) is 17.7 Å². The fourth-order valence-corrected chi connectivity index (χ4v) is 1.70. The summed E-state index contributed by atoms with van der Waals surface area (Å²) in [6, 6.07) is 9.12. The number of aromatic nitrogens is 2. The van der Waals surface area contributed by atoms with Gasteiger partial charge in [-0.05, 0) is 19.1 Å². The number of benzene rings is 1. The molecule has 2 rings (SSSR count). The normalized spacial score (nSPS) is 10.0. The quantitative estimate of drug-likeness (QED) is 0.789. The van der Waals surface area contributed by atoms with Crippen molar-refractivity contribution in [1.29, 1.82) is 0 Å². The predicted octanol–water partition coefficient (Wildman–Crippen LogP) is 1.64. The summed E-state index contributed by atoms with van der Waals surface area (Å²) in [5, 5.41) is 5.85. The molecule has 21 heavy (non-hydrogen) atoms. The average Bonchev–Trinajstić information content (AvgIpc) is 2.52. The minimum Gasteiger partial charge on any atom is -0.481 e. The summed E-state index contributed by atoms with van der Waals surface area (Å²) < 4.78 is 5.01. The number of nitrogens with one attached hydrogen (secondary N) is 2. The van der Waals surface area contributed by atoms with E-state index < -0.39 is 0 Å². The number of nitrogens with zero attached hydrogens (tertiary/aromatic N) is 2. The van der Waals surface area contributed by atoms with Crippen LogP contribution in [-0.4, -0.2) is 36.1 Å². The number of hydrogen-bond acceptors (Lipinski definition) is 5. The number of amides is 1. The standard InChI is InChI=1S/C15H18N4O2/c1-11-3-5-12(6-4-11)14(20)16-9-10-18-15-17-8-7-13(19-15)21-2/h3-8H,9-10H2,1-2H3,(H,16,20)(H,17,18,19). The maximum atomic E-state index is 11.9. The highest BCUT2D eigenvalue weighted by Crippen LogP contribution is 2.06. The third kappa shape index (κ3) is 4.45. The number of hydrogen-bond donors (Lipinski definition) is 2. The van der Waals surface area contributed by atoms with E-state index in [-0.39, 0.29) is 5.91 Å². The number of rotatable bonds is 6. The fraction of sp³-hybridized carbons (Fsp3) is 0.267. The zero-order chi connectivity index (χ0) is 15.1. The Morgan fingerprint density at radius 2 is 1.95 bits per heavy atom. The summed E-state index contributed by atoms with van der Waals surface area (Å²) in [7, 11) is 1.55. The number of anilines is 1. The Morgan fingerprint density at radius 3 is 2.67 bits per heavy atom. The lowest BCUT2D eigenvalue weighted by Gasteiger charge is -2.07. The molecule has 110 valence electrons. The van der Waals surface area contributed by atoms with Gasteiger partial charge in [0.05, 0.1) is 7.11 Å². The van der Waals surface area contributed by atoms with Crippen molar-refractivity contribution in [1.82, 2.24) is 15.3 Å².